The summed E-state index contributed by atoms with van der Waals surface area (Å²) >= 11 is 3.01. The maximum Gasteiger partial charge on any atom is 0.262 e. The minimum Gasteiger partial charge on any atom is -0.355 e. The van der Waals surface area contributed by atoms with Crippen LogP contribution in [0.2, 0.25) is 0 Å². The third kappa shape index (κ3) is 3.92. The number of allylic oxidation sites excluding steroid dienone is 1. The molecular formula is C21H27N3O2S2. The van der Waals surface area contributed by atoms with E-state index in [1.54, 1.807) is 23.0 Å². The largest absolute Gasteiger partial charge is 0.355 e. The van der Waals surface area contributed by atoms with Gasteiger partial charge in [0.1, 0.15) is 4.83 Å². The topological polar surface area (TPSA) is 64.0 Å². The number of rotatable bonds is 6. The van der Waals surface area contributed by atoms with Crippen LogP contribution in [0.1, 0.15) is 55.9 Å². The van der Waals surface area contributed by atoms with E-state index in [1.165, 1.54) is 47.0 Å². The summed E-state index contributed by atoms with van der Waals surface area (Å²) < 4.78 is 1.61. The van der Waals surface area contributed by atoms with Crippen LogP contribution in [0.5, 0.6) is 0 Å². The first-order valence-electron chi connectivity index (χ1n) is 10.2. The molecule has 2 aliphatic carbocycles. The van der Waals surface area contributed by atoms with Gasteiger partial charge in [-0.25, -0.2) is 4.98 Å². The fraction of sp³-hybridized carbons (Fsp3) is 0.571. The quantitative estimate of drug-likeness (QED) is 0.439. The van der Waals surface area contributed by atoms with E-state index in [4.69, 9.17) is 4.98 Å². The first kappa shape index (κ1) is 19.7. The van der Waals surface area contributed by atoms with Gasteiger partial charge in [0.2, 0.25) is 5.91 Å². The first-order valence-corrected chi connectivity index (χ1v) is 11.9. The summed E-state index contributed by atoms with van der Waals surface area (Å²) in [5.74, 6) is 0.00410. The Labute approximate surface area is 173 Å². The van der Waals surface area contributed by atoms with Gasteiger partial charge in [-0.15, -0.1) is 11.3 Å². The lowest BCUT2D eigenvalue weighted by Crippen LogP contribution is -2.32. The molecule has 2 aromatic rings. The van der Waals surface area contributed by atoms with Gasteiger partial charge in [0.25, 0.3) is 5.56 Å². The van der Waals surface area contributed by atoms with Crippen LogP contribution in [-0.2, 0) is 24.7 Å². The molecular weight excluding hydrogens is 390 g/mol. The molecule has 0 radical (unpaired) electrons. The van der Waals surface area contributed by atoms with Crippen LogP contribution < -0.4 is 10.9 Å². The second-order valence-corrected chi connectivity index (χ2v) is 10.1. The normalized spacial score (nSPS) is 17.4. The Morgan fingerprint density at radius 2 is 2.18 bits per heavy atom. The molecule has 0 saturated carbocycles. The molecule has 1 atom stereocenters. The molecule has 28 heavy (non-hydrogen) atoms. The highest BCUT2D eigenvalue weighted by molar-refractivity contribution is 8.00. The van der Waals surface area contributed by atoms with Crippen LogP contribution in [0.4, 0.5) is 0 Å². The molecule has 1 amide bonds. The van der Waals surface area contributed by atoms with Gasteiger partial charge < -0.3 is 5.32 Å². The minimum atomic E-state index is -0.289. The zero-order valence-corrected chi connectivity index (χ0v) is 18.2. The standard InChI is InChI=1S/C21H27N3O2S2/c1-13(18(25)22-12-11-14-7-4-3-5-8-14)27-21-23-19-17(20(26)24(21)2)15-9-6-10-16(15)28-19/h7,13H,3-6,8-12H2,1-2H3,(H,22,25). The van der Waals surface area contributed by atoms with Gasteiger partial charge in [0.05, 0.1) is 10.6 Å². The van der Waals surface area contributed by atoms with E-state index < -0.39 is 0 Å². The number of fused-ring (bicyclic) bond motifs is 3. The van der Waals surface area contributed by atoms with Gasteiger partial charge in [-0.05, 0) is 63.9 Å². The number of carbonyl (C=O) groups is 1. The Morgan fingerprint density at radius 1 is 1.32 bits per heavy atom. The lowest BCUT2D eigenvalue weighted by atomic mass is 9.97. The Bertz CT molecular complexity index is 990. The van der Waals surface area contributed by atoms with Gasteiger partial charge in [-0.1, -0.05) is 23.4 Å². The van der Waals surface area contributed by atoms with Gasteiger partial charge in [-0.2, -0.15) is 0 Å². The molecule has 0 spiro atoms. The molecule has 2 heterocycles. The number of carbonyl (C=O) groups excluding carboxylic acids is 1. The van der Waals surface area contributed by atoms with Crippen molar-refractivity contribution in [3.05, 3.63) is 32.4 Å². The van der Waals surface area contributed by atoms with Gasteiger partial charge in [-0.3, -0.25) is 14.2 Å². The smallest absolute Gasteiger partial charge is 0.262 e. The van der Waals surface area contributed by atoms with Crippen LogP contribution >= 0.6 is 23.1 Å². The van der Waals surface area contributed by atoms with Crippen molar-refractivity contribution < 1.29 is 4.79 Å². The fourth-order valence-electron chi connectivity index (χ4n) is 4.04. The number of hydrogen-bond acceptors (Lipinski definition) is 5. The molecule has 0 fully saturated rings. The Balaban J connectivity index is 1.42. The van der Waals surface area contributed by atoms with Gasteiger partial charge in [0, 0.05) is 18.5 Å². The third-order valence-corrected chi connectivity index (χ3v) is 8.02. The van der Waals surface area contributed by atoms with Gasteiger partial charge >= 0.3 is 0 Å². The molecule has 1 unspecified atom stereocenters. The predicted molar refractivity (Wildman–Crippen MR) is 116 cm³/mol. The molecule has 1 N–H and O–H groups in total. The summed E-state index contributed by atoms with van der Waals surface area (Å²) in [6.45, 7) is 2.56. The van der Waals surface area contributed by atoms with Crippen LogP contribution in [0.3, 0.4) is 0 Å². The maximum atomic E-state index is 12.9. The summed E-state index contributed by atoms with van der Waals surface area (Å²) in [5, 5.41) is 4.16. The first-order chi connectivity index (χ1) is 13.5. The Kier molecular flexibility index (Phi) is 5.92. The summed E-state index contributed by atoms with van der Waals surface area (Å²) in [6, 6.07) is 0. The summed E-state index contributed by atoms with van der Waals surface area (Å²) in [7, 11) is 1.76. The molecule has 4 rings (SSSR count). The predicted octanol–water partition coefficient (Wildman–Crippen LogP) is 3.97. The van der Waals surface area contributed by atoms with Crippen LogP contribution in [0.25, 0.3) is 10.2 Å². The lowest BCUT2D eigenvalue weighted by Gasteiger charge is -2.15. The second-order valence-electron chi connectivity index (χ2n) is 7.71. The van der Waals surface area contributed by atoms with Crippen molar-refractivity contribution in [2.45, 2.75) is 68.7 Å². The summed E-state index contributed by atoms with van der Waals surface area (Å²) in [6.07, 6.45) is 11.3. The Morgan fingerprint density at radius 3 is 2.96 bits per heavy atom. The van der Waals surface area contributed by atoms with Crippen molar-refractivity contribution in [2.75, 3.05) is 6.54 Å². The van der Waals surface area contributed by atoms with Crippen molar-refractivity contribution >= 4 is 39.2 Å². The lowest BCUT2D eigenvalue weighted by molar-refractivity contribution is -0.120. The minimum absolute atomic E-state index is 0.00410. The van der Waals surface area contributed by atoms with E-state index >= 15 is 0 Å². The highest BCUT2D eigenvalue weighted by atomic mass is 32.2. The molecule has 150 valence electrons. The third-order valence-electron chi connectivity index (χ3n) is 5.69. The van der Waals surface area contributed by atoms with Crippen LogP contribution in [-0.4, -0.2) is 27.3 Å². The molecule has 0 bridgehead atoms. The van der Waals surface area contributed by atoms with E-state index in [2.05, 4.69) is 11.4 Å². The van der Waals surface area contributed by atoms with E-state index in [9.17, 15) is 9.59 Å². The van der Waals surface area contributed by atoms with Crippen LogP contribution in [0, 0.1) is 0 Å². The number of aromatic nitrogens is 2. The summed E-state index contributed by atoms with van der Waals surface area (Å²) in [4.78, 5) is 32.2. The highest BCUT2D eigenvalue weighted by Gasteiger charge is 2.24. The van der Waals surface area contributed by atoms with Crippen molar-refractivity contribution in [3.8, 4) is 0 Å². The van der Waals surface area contributed by atoms with Crippen LogP contribution in [0.15, 0.2) is 21.6 Å². The molecule has 0 aliphatic heterocycles. The molecule has 0 saturated heterocycles. The number of hydrogen-bond donors (Lipinski definition) is 1. The average molecular weight is 418 g/mol. The number of thioether (sulfide) groups is 1. The van der Waals surface area contributed by atoms with E-state index in [0.717, 1.165) is 42.3 Å². The van der Waals surface area contributed by atoms with Gasteiger partial charge in [0.15, 0.2) is 5.16 Å². The average Bonchev–Trinajstić information content (AvgIpc) is 3.27. The van der Waals surface area contributed by atoms with E-state index in [-0.39, 0.29) is 16.7 Å². The maximum absolute atomic E-state index is 12.9. The SMILES string of the molecule is CC(Sc1nc2sc3c(c2c(=O)n1C)CCC3)C(=O)NCCC1=CCCCC1. The zero-order valence-electron chi connectivity index (χ0n) is 16.5. The molecule has 2 aromatic heterocycles. The Hall–Kier alpha value is -1.60. The number of nitrogens with one attached hydrogen (secondary N) is 1. The second kappa shape index (κ2) is 8.41. The monoisotopic (exact) mass is 417 g/mol. The zero-order chi connectivity index (χ0) is 19.7. The van der Waals surface area contributed by atoms with E-state index in [0.29, 0.717) is 11.7 Å². The number of amides is 1. The van der Waals surface area contributed by atoms with Crippen molar-refractivity contribution in [1.82, 2.24) is 14.9 Å². The molecule has 7 heteroatoms. The van der Waals surface area contributed by atoms with Crippen molar-refractivity contribution in [3.63, 3.8) is 0 Å². The number of nitrogens with zero attached hydrogens (tertiary/aromatic N) is 2. The highest BCUT2D eigenvalue weighted by Crippen LogP contribution is 2.35. The van der Waals surface area contributed by atoms with Crippen molar-refractivity contribution in [1.29, 1.82) is 0 Å². The number of thiophene rings is 1. The fourth-order valence-corrected chi connectivity index (χ4v) is 6.25. The molecule has 5 nitrogen and oxygen atoms in total. The number of aryl methyl sites for hydroxylation is 2. The van der Waals surface area contributed by atoms with E-state index in [1.807, 2.05) is 6.92 Å². The summed E-state index contributed by atoms with van der Waals surface area (Å²) in [5.41, 5.74) is 2.68. The molecule has 0 aromatic carbocycles. The molecule has 2 aliphatic rings. The van der Waals surface area contributed by atoms with Crippen molar-refractivity contribution in [2.24, 2.45) is 7.05 Å².